The monoisotopic (exact) mass is 280 g/mol. The molecule has 0 spiro atoms. The Bertz CT molecular complexity index is 751. The molecule has 0 aliphatic carbocycles. The van der Waals surface area contributed by atoms with E-state index in [1.54, 1.807) is 0 Å². The SMILES string of the molecule is CCc1ccc2nc(C3Cc4ccccc4S3)[nH]c2c1. The van der Waals surface area contributed by atoms with Crippen LogP contribution in [0.1, 0.15) is 29.1 Å². The molecule has 0 saturated heterocycles. The molecule has 0 radical (unpaired) electrons. The minimum atomic E-state index is 0.421. The van der Waals surface area contributed by atoms with E-state index in [4.69, 9.17) is 4.98 Å². The Morgan fingerprint density at radius 2 is 2.15 bits per heavy atom. The first-order valence-corrected chi connectivity index (χ1v) is 7.94. The zero-order valence-corrected chi connectivity index (χ0v) is 12.2. The molecular weight excluding hydrogens is 264 g/mol. The maximum absolute atomic E-state index is 4.78. The van der Waals surface area contributed by atoms with Gasteiger partial charge in [-0.15, -0.1) is 11.8 Å². The second-order valence-corrected chi connectivity index (χ2v) is 6.49. The fourth-order valence-electron chi connectivity index (χ4n) is 2.78. The maximum Gasteiger partial charge on any atom is 0.121 e. The van der Waals surface area contributed by atoms with Crippen molar-refractivity contribution in [3.05, 3.63) is 59.4 Å². The van der Waals surface area contributed by atoms with Gasteiger partial charge in [-0.3, -0.25) is 0 Å². The fraction of sp³-hybridized carbons (Fsp3) is 0.235. The third-order valence-corrected chi connectivity index (χ3v) is 5.25. The molecule has 2 aromatic carbocycles. The van der Waals surface area contributed by atoms with Gasteiger partial charge in [-0.05, 0) is 42.2 Å². The molecule has 1 atom stereocenters. The topological polar surface area (TPSA) is 28.7 Å². The number of H-pyrrole nitrogens is 1. The van der Waals surface area contributed by atoms with Crippen LogP contribution in [0.5, 0.6) is 0 Å². The lowest BCUT2D eigenvalue weighted by Gasteiger charge is -2.02. The molecule has 1 N–H and O–H groups in total. The number of rotatable bonds is 2. The number of nitrogens with one attached hydrogen (secondary N) is 1. The van der Waals surface area contributed by atoms with Crippen molar-refractivity contribution in [3.63, 3.8) is 0 Å². The summed E-state index contributed by atoms with van der Waals surface area (Å²) >= 11 is 1.92. The number of aryl methyl sites for hydroxylation is 1. The van der Waals surface area contributed by atoms with E-state index in [1.165, 1.54) is 16.0 Å². The van der Waals surface area contributed by atoms with E-state index in [2.05, 4.69) is 54.4 Å². The molecule has 1 aliphatic rings. The van der Waals surface area contributed by atoms with Crippen molar-refractivity contribution in [2.45, 2.75) is 29.9 Å². The highest BCUT2D eigenvalue weighted by molar-refractivity contribution is 7.99. The first kappa shape index (κ1) is 12.0. The Kier molecular flexibility index (Phi) is 2.81. The number of imidazole rings is 1. The number of hydrogen-bond acceptors (Lipinski definition) is 2. The van der Waals surface area contributed by atoms with Crippen LogP contribution in [-0.2, 0) is 12.8 Å². The summed E-state index contributed by atoms with van der Waals surface area (Å²) in [5.74, 6) is 1.11. The van der Waals surface area contributed by atoms with Crippen molar-refractivity contribution >= 4 is 22.8 Å². The van der Waals surface area contributed by atoms with E-state index in [0.717, 1.165) is 29.7 Å². The molecule has 2 heterocycles. The van der Waals surface area contributed by atoms with Crippen molar-refractivity contribution in [2.75, 3.05) is 0 Å². The summed E-state index contributed by atoms with van der Waals surface area (Å²) in [4.78, 5) is 9.69. The summed E-state index contributed by atoms with van der Waals surface area (Å²) in [5, 5.41) is 0.421. The van der Waals surface area contributed by atoms with Gasteiger partial charge in [-0.25, -0.2) is 4.98 Å². The summed E-state index contributed by atoms with van der Waals surface area (Å²) < 4.78 is 0. The summed E-state index contributed by atoms with van der Waals surface area (Å²) in [6.45, 7) is 2.18. The van der Waals surface area contributed by atoms with Gasteiger partial charge < -0.3 is 4.98 Å². The molecule has 1 aromatic heterocycles. The number of benzene rings is 2. The van der Waals surface area contributed by atoms with E-state index < -0.39 is 0 Å². The van der Waals surface area contributed by atoms with Crippen LogP contribution < -0.4 is 0 Å². The van der Waals surface area contributed by atoms with Gasteiger partial charge in [0, 0.05) is 4.90 Å². The van der Waals surface area contributed by atoms with Gasteiger partial charge in [0.1, 0.15) is 5.82 Å². The molecule has 0 bridgehead atoms. The molecule has 0 amide bonds. The van der Waals surface area contributed by atoms with Crippen LogP contribution in [0.15, 0.2) is 47.4 Å². The van der Waals surface area contributed by atoms with Gasteiger partial charge in [-0.1, -0.05) is 31.2 Å². The van der Waals surface area contributed by atoms with Crippen LogP contribution in [0.2, 0.25) is 0 Å². The van der Waals surface area contributed by atoms with E-state index >= 15 is 0 Å². The van der Waals surface area contributed by atoms with Crippen LogP contribution in [-0.4, -0.2) is 9.97 Å². The Hall–Kier alpha value is -1.74. The number of aromatic nitrogens is 2. The molecular formula is C17H16N2S. The van der Waals surface area contributed by atoms with Gasteiger partial charge in [0.05, 0.1) is 16.3 Å². The number of aromatic amines is 1. The average molecular weight is 280 g/mol. The highest BCUT2D eigenvalue weighted by Crippen LogP contribution is 2.45. The number of hydrogen-bond donors (Lipinski definition) is 1. The van der Waals surface area contributed by atoms with E-state index in [1.807, 2.05) is 11.8 Å². The molecule has 100 valence electrons. The third kappa shape index (κ3) is 1.93. The van der Waals surface area contributed by atoms with Gasteiger partial charge in [0.25, 0.3) is 0 Å². The van der Waals surface area contributed by atoms with Crippen LogP contribution in [0.4, 0.5) is 0 Å². The number of thioether (sulfide) groups is 1. The lowest BCUT2D eigenvalue weighted by Crippen LogP contribution is -1.94. The molecule has 0 saturated carbocycles. The molecule has 1 aliphatic heterocycles. The zero-order chi connectivity index (χ0) is 13.5. The van der Waals surface area contributed by atoms with Gasteiger partial charge in [0.2, 0.25) is 0 Å². The minimum Gasteiger partial charge on any atom is -0.341 e. The van der Waals surface area contributed by atoms with Crippen molar-refractivity contribution in [2.24, 2.45) is 0 Å². The van der Waals surface area contributed by atoms with Crippen molar-refractivity contribution in [1.82, 2.24) is 9.97 Å². The Balaban J connectivity index is 1.70. The minimum absolute atomic E-state index is 0.421. The fourth-order valence-corrected chi connectivity index (χ4v) is 4.04. The van der Waals surface area contributed by atoms with Gasteiger partial charge >= 0.3 is 0 Å². The second-order valence-electron chi connectivity index (χ2n) is 5.25. The van der Waals surface area contributed by atoms with Crippen LogP contribution >= 0.6 is 11.8 Å². The average Bonchev–Trinajstić information content (AvgIpc) is 3.09. The summed E-state index contributed by atoms with van der Waals surface area (Å²) in [5.41, 5.74) is 5.04. The lowest BCUT2D eigenvalue weighted by molar-refractivity contribution is 0.881. The molecule has 1 unspecified atom stereocenters. The highest BCUT2D eigenvalue weighted by atomic mass is 32.2. The molecule has 3 aromatic rings. The first-order valence-electron chi connectivity index (χ1n) is 7.06. The Morgan fingerprint density at radius 3 is 3.00 bits per heavy atom. The Morgan fingerprint density at radius 1 is 1.25 bits per heavy atom. The lowest BCUT2D eigenvalue weighted by atomic mass is 10.1. The van der Waals surface area contributed by atoms with Crippen molar-refractivity contribution in [3.8, 4) is 0 Å². The summed E-state index contributed by atoms with van der Waals surface area (Å²) in [7, 11) is 0. The van der Waals surface area contributed by atoms with E-state index in [9.17, 15) is 0 Å². The van der Waals surface area contributed by atoms with Crippen LogP contribution in [0, 0.1) is 0 Å². The third-order valence-electron chi connectivity index (χ3n) is 3.92. The van der Waals surface area contributed by atoms with E-state index in [-0.39, 0.29) is 0 Å². The van der Waals surface area contributed by atoms with Gasteiger partial charge in [0.15, 0.2) is 0 Å². The summed E-state index contributed by atoms with van der Waals surface area (Å²) in [6.07, 6.45) is 2.13. The zero-order valence-electron chi connectivity index (χ0n) is 11.4. The standard InChI is InChI=1S/C17H16N2S/c1-2-11-7-8-13-14(9-11)19-17(18-13)16-10-12-5-3-4-6-15(12)20-16/h3-9,16H,2,10H2,1H3,(H,18,19). The maximum atomic E-state index is 4.78. The second kappa shape index (κ2) is 4.67. The molecule has 3 heteroatoms. The Labute approximate surface area is 122 Å². The quantitative estimate of drug-likeness (QED) is 0.748. The van der Waals surface area contributed by atoms with E-state index in [0.29, 0.717) is 5.25 Å². The largest absolute Gasteiger partial charge is 0.341 e. The van der Waals surface area contributed by atoms with Crippen LogP contribution in [0.25, 0.3) is 11.0 Å². The molecule has 4 rings (SSSR count). The highest BCUT2D eigenvalue weighted by Gasteiger charge is 2.25. The molecule has 2 nitrogen and oxygen atoms in total. The number of nitrogens with zero attached hydrogens (tertiary/aromatic N) is 1. The smallest absolute Gasteiger partial charge is 0.121 e. The predicted molar refractivity (Wildman–Crippen MR) is 84.2 cm³/mol. The normalized spacial score (nSPS) is 17.6. The first-order chi connectivity index (χ1) is 9.83. The van der Waals surface area contributed by atoms with Crippen molar-refractivity contribution in [1.29, 1.82) is 0 Å². The van der Waals surface area contributed by atoms with Gasteiger partial charge in [-0.2, -0.15) is 0 Å². The summed E-state index contributed by atoms with van der Waals surface area (Å²) in [6, 6.07) is 15.2. The van der Waals surface area contributed by atoms with Crippen LogP contribution in [0.3, 0.4) is 0 Å². The molecule has 0 fully saturated rings. The number of fused-ring (bicyclic) bond motifs is 2. The predicted octanol–water partition coefficient (Wildman–Crippen LogP) is 4.51. The molecule has 20 heavy (non-hydrogen) atoms. The van der Waals surface area contributed by atoms with Crippen molar-refractivity contribution < 1.29 is 0 Å².